The molecular weight excluding hydrogens is 296 g/mol. The van der Waals surface area contributed by atoms with Gasteiger partial charge in [0.2, 0.25) is 5.91 Å². The fourth-order valence-corrected chi connectivity index (χ4v) is 2.06. The van der Waals surface area contributed by atoms with Gasteiger partial charge in [0, 0.05) is 30.1 Å². The molecule has 0 aliphatic rings. The second kappa shape index (κ2) is 7.66. The van der Waals surface area contributed by atoms with E-state index in [0.717, 1.165) is 0 Å². The lowest BCUT2D eigenvalue weighted by molar-refractivity contribution is -0.118. The second-order valence-electron chi connectivity index (χ2n) is 5.07. The summed E-state index contributed by atoms with van der Waals surface area (Å²) in [6.45, 7) is 2.07. The largest absolute Gasteiger partial charge is 0.383 e. The Morgan fingerprint density at radius 2 is 2.22 bits per heavy atom. The van der Waals surface area contributed by atoms with Crippen molar-refractivity contribution in [3.05, 3.63) is 46.4 Å². The van der Waals surface area contributed by atoms with Crippen molar-refractivity contribution in [3.63, 3.8) is 0 Å². The standard InChI is InChI=1S/C16H20N4O3/c1-3-11-8-14(21)20-15(18-11)10-5-4-6-12(7-10)19-16(22)13(17)9-23-2/h4-8,13H,3,9,17H2,1-2H3,(H,19,22)(H,18,20,21). The molecule has 2 aromatic rings. The molecule has 0 aliphatic carbocycles. The average Bonchev–Trinajstić information content (AvgIpc) is 2.54. The van der Waals surface area contributed by atoms with E-state index in [0.29, 0.717) is 29.2 Å². The molecule has 4 N–H and O–H groups in total. The lowest BCUT2D eigenvalue weighted by Gasteiger charge is -2.12. The van der Waals surface area contributed by atoms with E-state index in [1.165, 1.54) is 13.2 Å². The number of anilines is 1. The number of aromatic nitrogens is 2. The van der Waals surface area contributed by atoms with Crippen molar-refractivity contribution >= 4 is 11.6 Å². The monoisotopic (exact) mass is 316 g/mol. The molecule has 1 amide bonds. The van der Waals surface area contributed by atoms with Crippen LogP contribution in [0.15, 0.2) is 35.1 Å². The topological polar surface area (TPSA) is 110 Å². The highest BCUT2D eigenvalue weighted by molar-refractivity contribution is 5.95. The quantitative estimate of drug-likeness (QED) is 0.734. The third kappa shape index (κ3) is 4.48. The van der Waals surface area contributed by atoms with Crippen LogP contribution in [0, 0.1) is 0 Å². The number of H-pyrrole nitrogens is 1. The molecule has 1 aromatic heterocycles. The number of benzene rings is 1. The molecule has 0 saturated carbocycles. The third-order valence-electron chi connectivity index (χ3n) is 3.24. The Bertz CT molecular complexity index is 742. The Morgan fingerprint density at radius 3 is 2.91 bits per heavy atom. The predicted molar refractivity (Wildman–Crippen MR) is 88.2 cm³/mol. The molecule has 0 spiro atoms. The van der Waals surface area contributed by atoms with E-state index in [4.69, 9.17) is 10.5 Å². The maximum Gasteiger partial charge on any atom is 0.251 e. The number of ether oxygens (including phenoxy) is 1. The number of nitrogens with two attached hydrogens (primary N) is 1. The molecule has 23 heavy (non-hydrogen) atoms. The summed E-state index contributed by atoms with van der Waals surface area (Å²) in [6, 6.07) is 7.77. The fourth-order valence-electron chi connectivity index (χ4n) is 2.06. The van der Waals surface area contributed by atoms with E-state index in [1.54, 1.807) is 18.2 Å². The molecule has 0 radical (unpaired) electrons. The zero-order valence-corrected chi connectivity index (χ0v) is 13.1. The van der Waals surface area contributed by atoms with Crippen molar-refractivity contribution in [2.45, 2.75) is 19.4 Å². The number of aromatic amines is 1. The highest BCUT2D eigenvalue weighted by Gasteiger charge is 2.13. The first kappa shape index (κ1) is 16.9. The van der Waals surface area contributed by atoms with Crippen molar-refractivity contribution < 1.29 is 9.53 Å². The van der Waals surface area contributed by atoms with Gasteiger partial charge in [0.05, 0.1) is 6.61 Å². The van der Waals surface area contributed by atoms with Gasteiger partial charge in [0.1, 0.15) is 11.9 Å². The molecule has 1 unspecified atom stereocenters. The zero-order valence-electron chi connectivity index (χ0n) is 13.1. The van der Waals surface area contributed by atoms with Crippen LogP contribution < -0.4 is 16.6 Å². The van der Waals surface area contributed by atoms with Gasteiger partial charge in [-0.25, -0.2) is 4.98 Å². The summed E-state index contributed by atoms with van der Waals surface area (Å²) >= 11 is 0. The molecular formula is C16H20N4O3. The maximum atomic E-state index is 11.9. The Labute approximate surface area is 133 Å². The molecule has 1 atom stereocenters. The number of aryl methyl sites for hydroxylation is 1. The predicted octanol–water partition coefficient (Wildman–Crippen LogP) is 0.911. The van der Waals surface area contributed by atoms with Crippen molar-refractivity contribution in [1.82, 2.24) is 9.97 Å². The van der Waals surface area contributed by atoms with Gasteiger partial charge in [0.25, 0.3) is 5.56 Å². The van der Waals surface area contributed by atoms with Crippen LogP contribution >= 0.6 is 0 Å². The summed E-state index contributed by atoms with van der Waals surface area (Å²) in [5.41, 5.74) is 7.47. The van der Waals surface area contributed by atoms with Crippen LogP contribution in [0.4, 0.5) is 5.69 Å². The van der Waals surface area contributed by atoms with Gasteiger partial charge >= 0.3 is 0 Å². The normalized spacial score (nSPS) is 12.0. The van der Waals surface area contributed by atoms with Gasteiger partial charge in [0.15, 0.2) is 0 Å². The van der Waals surface area contributed by atoms with E-state index in [1.807, 2.05) is 13.0 Å². The molecule has 2 rings (SSSR count). The minimum Gasteiger partial charge on any atom is -0.383 e. The molecule has 0 saturated heterocycles. The van der Waals surface area contributed by atoms with Crippen molar-refractivity contribution in [3.8, 4) is 11.4 Å². The number of rotatable bonds is 6. The summed E-state index contributed by atoms with van der Waals surface area (Å²) in [7, 11) is 1.48. The molecule has 1 heterocycles. The van der Waals surface area contributed by atoms with Crippen LogP contribution in [0.2, 0.25) is 0 Å². The zero-order chi connectivity index (χ0) is 16.8. The van der Waals surface area contributed by atoms with Gasteiger partial charge in [-0.2, -0.15) is 0 Å². The van der Waals surface area contributed by atoms with Gasteiger partial charge in [-0.15, -0.1) is 0 Å². The molecule has 0 fully saturated rings. The summed E-state index contributed by atoms with van der Waals surface area (Å²) in [5.74, 6) is 0.124. The lowest BCUT2D eigenvalue weighted by Crippen LogP contribution is -2.39. The first-order valence-electron chi connectivity index (χ1n) is 7.29. The first-order chi connectivity index (χ1) is 11.0. The number of hydrogen-bond acceptors (Lipinski definition) is 5. The Balaban J connectivity index is 2.25. The van der Waals surface area contributed by atoms with Gasteiger partial charge < -0.3 is 20.8 Å². The van der Waals surface area contributed by atoms with E-state index in [-0.39, 0.29) is 18.1 Å². The lowest BCUT2D eigenvalue weighted by atomic mass is 10.1. The molecule has 0 bridgehead atoms. The molecule has 1 aromatic carbocycles. The SMILES string of the molecule is CCc1cc(=O)[nH]c(-c2cccc(NC(=O)C(N)COC)c2)n1. The average molecular weight is 316 g/mol. The van der Waals surface area contributed by atoms with E-state index in [2.05, 4.69) is 15.3 Å². The minimum atomic E-state index is -0.745. The van der Waals surface area contributed by atoms with Crippen LogP contribution in [-0.4, -0.2) is 35.6 Å². The Kier molecular flexibility index (Phi) is 5.61. The molecule has 7 nitrogen and oxygen atoms in total. The van der Waals surface area contributed by atoms with Crippen molar-refractivity contribution in [1.29, 1.82) is 0 Å². The highest BCUT2D eigenvalue weighted by Crippen LogP contribution is 2.19. The van der Waals surface area contributed by atoms with E-state index < -0.39 is 6.04 Å². The second-order valence-corrected chi connectivity index (χ2v) is 5.07. The molecule has 7 heteroatoms. The summed E-state index contributed by atoms with van der Waals surface area (Å²) in [4.78, 5) is 30.7. The Morgan fingerprint density at radius 1 is 1.43 bits per heavy atom. The number of nitrogens with one attached hydrogen (secondary N) is 2. The highest BCUT2D eigenvalue weighted by atomic mass is 16.5. The number of amides is 1. The number of nitrogens with zero attached hydrogens (tertiary/aromatic N) is 1. The van der Waals surface area contributed by atoms with Crippen molar-refractivity contribution in [2.24, 2.45) is 5.73 Å². The number of methoxy groups -OCH3 is 1. The fraction of sp³-hybridized carbons (Fsp3) is 0.312. The van der Waals surface area contributed by atoms with Crippen LogP contribution in [0.25, 0.3) is 11.4 Å². The Hall–Kier alpha value is -2.51. The van der Waals surface area contributed by atoms with E-state index >= 15 is 0 Å². The first-order valence-corrected chi connectivity index (χ1v) is 7.29. The third-order valence-corrected chi connectivity index (χ3v) is 3.24. The van der Waals surface area contributed by atoms with E-state index in [9.17, 15) is 9.59 Å². The smallest absolute Gasteiger partial charge is 0.251 e. The number of hydrogen-bond donors (Lipinski definition) is 3. The van der Waals surface area contributed by atoms with Gasteiger partial charge in [-0.3, -0.25) is 9.59 Å². The van der Waals surface area contributed by atoms with Crippen molar-refractivity contribution in [2.75, 3.05) is 19.0 Å². The van der Waals surface area contributed by atoms with Crippen LogP contribution in [0.5, 0.6) is 0 Å². The minimum absolute atomic E-state index is 0.138. The van der Waals surface area contributed by atoms with Gasteiger partial charge in [-0.1, -0.05) is 19.1 Å². The van der Waals surface area contributed by atoms with Gasteiger partial charge in [-0.05, 0) is 18.6 Å². The summed E-state index contributed by atoms with van der Waals surface area (Å²) in [5, 5.41) is 2.72. The van der Waals surface area contributed by atoms with Crippen LogP contribution in [-0.2, 0) is 16.0 Å². The summed E-state index contributed by atoms with van der Waals surface area (Å²) in [6.07, 6.45) is 0.666. The van der Waals surface area contributed by atoms with Crippen LogP contribution in [0.1, 0.15) is 12.6 Å². The summed E-state index contributed by atoms with van der Waals surface area (Å²) < 4.78 is 4.86. The molecule has 0 aliphatic heterocycles. The number of carbonyl (C=O) groups is 1. The number of carbonyl (C=O) groups excluding carboxylic acids is 1. The molecule has 122 valence electrons. The van der Waals surface area contributed by atoms with Crippen LogP contribution in [0.3, 0.4) is 0 Å². The maximum absolute atomic E-state index is 11.9.